The molecule has 0 saturated heterocycles. The zero-order valence-corrected chi connectivity index (χ0v) is 39.0. The molecular weight excluding hydrogens is 860 g/mol. The average molecular weight is 907 g/mol. The molecule has 2 heterocycles. The van der Waals surface area contributed by atoms with E-state index in [0.717, 1.165) is 73.7 Å². The van der Waals surface area contributed by atoms with Crippen LogP contribution in [0.3, 0.4) is 0 Å². The Morgan fingerprint density at radius 3 is 1.24 bits per heavy atom. The lowest BCUT2D eigenvalue weighted by Gasteiger charge is -2.46. The minimum atomic E-state index is -0.124. The second-order valence-corrected chi connectivity index (χ2v) is 18.1. The maximum Gasteiger partial charge on any atom is 0.252 e. The second-order valence-electron chi connectivity index (χ2n) is 18.1. The summed E-state index contributed by atoms with van der Waals surface area (Å²) in [5, 5.41) is 0. The van der Waals surface area contributed by atoms with Gasteiger partial charge in [-0.25, -0.2) is 0 Å². The Morgan fingerprint density at radius 2 is 0.690 bits per heavy atom. The van der Waals surface area contributed by atoms with Crippen LogP contribution in [0.25, 0.3) is 22.3 Å². The number of para-hydroxylation sites is 7. The van der Waals surface area contributed by atoms with Gasteiger partial charge in [0.05, 0.1) is 11.4 Å². The number of hydrogen-bond acceptors (Lipinski definition) is 4. The standard InChI is InChI=1S/C66H47BN4/c1-8-25-48(26-9-1)57-39-22-23-42-61(57)71-64-47-56(69(52-33-16-5-17-34-52)53-35-18-6-19-36-53)46-63-65(64)67(60-41-24-40-58(66(60)71)49-27-10-2-11-28-49)59-44-43-55(45-62(59)70(63)54-37-20-7-21-38-54)68(50-29-12-3-13-30-50)51-31-14-4-15-32-51/h1-47H. The third kappa shape index (κ3) is 7.34. The lowest BCUT2D eigenvalue weighted by atomic mass is 9.33. The predicted molar refractivity (Wildman–Crippen MR) is 301 cm³/mol. The van der Waals surface area contributed by atoms with E-state index in [-0.39, 0.29) is 6.71 Å². The van der Waals surface area contributed by atoms with Gasteiger partial charge in [0.2, 0.25) is 0 Å². The van der Waals surface area contributed by atoms with Crippen molar-refractivity contribution >= 4 is 91.3 Å². The molecule has 0 radical (unpaired) electrons. The summed E-state index contributed by atoms with van der Waals surface area (Å²) in [6.45, 7) is -0.124. The molecule has 0 saturated carbocycles. The van der Waals surface area contributed by atoms with E-state index in [4.69, 9.17) is 0 Å². The van der Waals surface area contributed by atoms with Crippen LogP contribution in [0.4, 0.5) is 68.2 Å². The molecule has 0 unspecified atom stereocenters. The fourth-order valence-electron chi connectivity index (χ4n) is 11.0. The van der Waals surface area contributed by atoms with E-state index >= 15 is 0 Å². The summed E-state index contributed by atoms with van der Waals surface area (Å²) in [5.74, 6) is 0. The van der Waals surface area contributed by atoms with Crippen LogP contribution in [-0.4, -0.2) is 6.71 Å². The van der Waals surface area contributed by atoms with Gasteiger partial charge in [-0.1, -0.05) is 194 Å². The first-order valence-electron chi connectivity index (χ1n) is 24.4. The van der Waals surface area contributed by atoms with E-state index in [1.54, 1.807) is 0 Å². The molecule has 5 heteroatoms. The number of hydrogen-bond donors (Lipinski definition) is 0. The predicted octanol–water partition coefficient (Wildman–Crippen LogP) is 16.0. The summed E-state index contributed by atoms with van der Waals surface area (Å²) in [6, 6.07) is 104. The number of benzene rings is 11. The summed E-state index contributed by atoms with van der Waals surface area (Å²) in [6.07, 6.45) is 0. The van der Waals surface area contributed by atoms with Crippen molar-refractivity contribution < 1.29 is 0 Å². The lowest BCUT2D eigenvalue weighted by Crippen LogP contribution is -2.61. The van der Waals surface area contributed by atoms with E-state index in [0.29, 0.717) is 0 Å². The lowest BCUT2D eigenvalue weighted by molar-refractivity contribution is 1.22. The van der Waals surface area contributed by atoms with Gasteiger partial charge in [-0.15, -0.1) is 0 Å². The Morgan fingerprint density at radius 1 is 0.268 bits per heavy atom. The molecule has 4 nitrogen and oxygen atoms in total. The largest absolute Gasteiger partial charge is 0.311 e. The van der Waals surface area contributed by atoms with Gasteiger partial charge in [0.25, 0.3) is 6.71 Å². The van der Waals surface area contributed by atoms with Crippen molar-refractivity contribution in [2.75, 3.05) is 19.6 Å². The third-order valence-corrected chi connectivity index (χ3v) is 14.0. The average Bonchev–Trinajstić information content (AvgIpc) is 3.45. The van der Waals surface area contributed by atoms with Gasteiger partial charge in [0.1, 0.15) is 0 Å². The van der Waals surface area contributed by atoms with Crippen molar-refractivity contribution in [2.24, 2.45) is 0 Å². The van der Waals surface area contributed by atoms with Crippen molar-refractivity contribution in [3.05, 3.63) is 285 Å². The van der Waals surface area contributed by atoms with E-state index < -0.39 is 0 Å². The van der Waals surface area contributed by atoms with Gasteiger partial charge in [-0.05, 0) is 119 Å². The summed E-state index contributed by atoms with van der Waals surface area (Å²) in [4.78, 5) is 9.89. The van der Waals surface area contributed by atoms with Crippen LogP contribution in [-0.2, 0) is 0 Å². The minimum Gasteiger partial charge on any atom is -0.311 e. The van der Waals surface area contributed by atoms with Crippen LogP contribution in [0.15, 0.2) is 285 Å². The molecule has 0 fully saturated rings. The summed E-state index contributed by atoms with van der Waals surface area (Å²) in [5.41, 5.74) is 21.6. The minimum absolute atomic E-state index is 0.124. The maximum atomic E-state index is 2.59. The normalized spacial score (nSPS) is 12.1. The molecule has 0 N–H and O–H groups in total. The van der Waals surface area contributed by atoms with Crippen molar-refractivity contribution in [3.63, 3.8) is 0 Å². The highest BCUT2D eigenvalue weighted by atomic mass is 15.2. The van der Waals surface area contributed by atoms with Crippen molar-refractivity contribution in [1.82, 2.24) is 0 Å². The number of anilines is 12. The molecule has 0 aromatic heterocycles. The highest BCUT2D eigenvalue weighted by molar-refractivity contribution is 7.00. The van der Waals surface area contributed by atoms with Crippen LogP contribution < -0.4 is 36.0 Å². The van der Waals surface area contributed by atoms with Crippen LogP contribution >= 0.6 is 0 Å². The molecule has 2 aliphatic heterocycles. The first kappa shape index (κ1) is 41.8. The quantitative estimate of drug-likeness (QED) is 0.127. The summed E-state index contributed by atoms with van der Waals surface area (Å²) < 4.78 is 0. The molecule has 2 aliphatic rings. The topological polar surface area (TPSA) is 13.0 Å². The molecular formula is C66H47BN4. The first-order chi connectivity index (χ1) is 35.3. The smallest absolute Gasteiger partial charge is 0.252 e. The van der Waals surface area contributed by atoms with Crippen LogP contribution in [0, 0.1) is 0 Å². The van der Waals surface area contributed by atoms with E-state index in [1.165, 1.54) is 33.2 Å². The SMILES string of the molecule is c1ccc(-c2ccccc2N2c3cc(N(c4ccccc4)c4ccccc4)cc4c3B(c3ccc(N(c5ccccc5)c5ccccc5)cc3N4c3ccccc3)c3cccc(-c4ccccc4)c32)cc1. The maximum absolute atomic E-state index is 2.59. The highest BCUT2D eigenvalue weighted by Crippen LogP contribution is 2.52. The van der Waals surface area contributed by atoms with Gasteiger partial charge < -0.3 is 19.6 Å². The number of fused-ring (bicyclic) bond motifs is 4. The van der Waals surface area contributed by atoms with Gasteiger partial charge >= 0.3 is 0 Å². The molecule has 71 heavy (non-hydrogen) atoms. The number of nitrogens with zero attached hydrogens (tertiary/aromatic N) is 4. The van der Waals surface area contributed by atoms with Gasteiger partial charge in [-0.2, -0.15) is 0 Å². The fourth-order valence-corrected chi connectivity index (χ4v) is 11.0. The summed E-state index contributed by atoms with van der Waals surface area (Å²) >= 11 is 0. The monoisotopic (exact) mass is 906 g/mol. The number of rotatable bonds is 10. The van der Waals surface area contributed by atoms with E-state index in [9.17, 15) is 0 Å². The molecule has 11 aromatic rings. The van der Waals surface area contributed by atoms with Crippen molar-refractivity contribution in [2.45, 2.75) is 0 Å². The highest BCUT2D eigenvalue weighted by Gasteiger charge is 2.45. The zero-order valence-electron chi connectivity index (χ0n) is 39.0. The van der Waals surface area contributed by atoms with Gasteiger partial charge in [-0.3, -0.25) is 0 Å². The summed E-state index contributed by atoms with van der Waals surface area (Å²) in [7, 11) is 0. The van der Waals surface area contributed by atoms with Crippen LogP contribution in [0.1, 0.15) is 0 Å². The molecule has 0 atom stereocenters. The van der Waals surface area contributed by atoms with Crippen LogP contribution in [0.5, 0.6) is 0 Å². The van der Waals surface area contributed by atoms with Gasteiger partial charge in [0, 0.05) is 68.0 Å². The molecule has 13 rings (SSSR count). The molecule has 0 aliphatic carbocycles. The Balaban J connectivity index is 1.17. The van der Waals surface area contributed by atoms with E-state index in [2.05, 4.69) is 305 Å². The van der Waals surface area contributed by atoms with Gasteiger partial charge in [0.15, 0.2) is 0 Å². The molecule has 0 spiro atoms. The molecule has 0 bridgehead atoms. The molecule has 0 amide bonds. The zero-order chi connectivity index (χ0) is 47.1. The van der Waals surface area contributed by atoms with Crippen molar-refractivity contribution in [1.29, 1.82) is 0 Å². The first-order valence-corrected chi connectivity index (χ1v) is 24.4. The molecule has 334 valence electrons. The van der Waals surface area contributed by atoms with E-state index in [1.807, 2.05) is 0 Å². The third-order valence-electron chi connectivity index (χ3n) is 14.0. The Bertz CT molecular complexity index is 3570. The fraction of sp³-hybridized carbons (Fsp3) is 0. The second kappa shape index (κ2) is 18.0. The Hall–Kier alpha value is -9.32. The van der Waals surface area contributed by atoms with Crippen LogP contribution in [0.2, 0.25) is 0 Å². The Kier molecular flexibility index (Phi) is 10.6. The molecule has 11 aromatic carbocycles. The Labute approximate surface area is 416 Å². The van der Waals surface area contributed by atoms with Crippen molar-refractivity contribution in [3.8, 4) is 22.3 Å².